The highest BCUT2D eigenvalue weighted by Gasteiger charge is 2.22. The fourth-order valence-electron chi connectivity index (χ4n) is 3.10. The van der Waals surface area contributed by atoms with E-state index in [1.165, 1.54) is 5.56 Å². The fourth-order valence-corrected chi connectivity index (χ4v) is 3.10. The van der Waals surface area contributed by atoms with Gasteiger partial charge in [0.2, 0.25) is 0 Å². The highest BCUT2D eigenvalue weighted by Crippen LogP contribution is 2.19. The quantitative estimate of drug-likeness (QED) is 0.408. The van der Waals surface area contributed by atoms with Crippen molar-refractivity contribution < 1.29 is 5.11 Å². The summed E-state index contributed by atoms with van der Waals surface area (Å²) in [5.41, 5.74) is 2.21. The first kappa shape index (κ1) is 20.6. The van der Waals surface area contributed by atoms with Crippen molar-refractivity contribution in [2.24, 2.45) is 4.99 Å². The van der Waals surface area contributed by atoms with Crippen molar-refractivity contribution in [3.63, 3.8) is 0 Å². The lowest BCUT2D eigenvalue weighted by Gasteiger charge is -2.25. The lowest BCUT2D eigenvalue weighted by Crippen LogP contribution is -2.44. The largest absolute Gasteiger partial charge is 0.384 e. The van der Waals surface area contributed by atoms with E-state index in [-0.39, 0.29) is 0 Å². The van der Waals surface area contributed by atoms with E-state index >= 15 is 0 Å². The molecule has 2 aromatic carbocycles. The Labute approximate surface area is 172 Å². The van der Waals surface area contributed by atoms with E-state index in [4.69, 9.17) is 4.99 Å². The molecule has 3 rings (SSSR count). The smallest absolute Gasteiger partial charge is 0.191 e. The Morgan fingerprint density at radius 3 is 2.45 bits per heavy atom. The summed E-state index contributed by atoms with van der Waals surface area (Å²) in [6.07, 6.45) is 3.74. The number of aromatic nitrogens is 2. The number of nitrogens with one attached hydrogen (secondary N) is 2. The molecule has 0 aliphatic carbocycles. The topological polar surface area (TPSA) is 74.5 Å². The van der Waals surface area contributed by atoms with Crippen LogP contribution in [0.1, 0.15) is 30.5 Å². The fraction of sp³-hybridized carbons (Fsp3) is 0.304. The van der Waals surface area contributed by atoms with Gasteiger partial charge in [0.1, 0.15) is 5.60 Å². The molecule has 3 N–H and O–H groups in total. The summed E-state index contributed by atoms with van der Waals surface area (Å²) in [6, 6.07) is 19.8. The lowest BCUT2D eigenvalue weighted by atomic mass is 9.96. The molecule has 0 saturated carbocycles. The lowest BCUT2D eigenvalue weighted by molar-refractivity contribution is 0.0617. The van der Waals surface area contributed by atoms with Crippen LogP contribution in [-0.4, -0.2) is 33.9 Å². The third kappa shape index (κ3) is 5.93. The number of nitrogens with zero attached hydrogens (tertiary/aromatic N) is 3. The normalized spacial score (nSPS) is 13.7. The molecule has 6 nitrogen and oxygen atoms in total. The van der Waals surface area contributed by atoms with Crippen molar-refractivity contribution >= 4 is 5.96 Å². The summed E-state index contributed by atoms with van der Waals surface area (Å²) >= 11 is 0. The minimum atomic E-state index is -0.991. The van der Waals surface area contributed by atoms with Crippen LogP contribution in [0, 0.1) is 0 Å². The highest BCUT2D eigenvalue weighted by atomic mass is 16.3. The number of guanidine groups is 1. The predicted molar refractivity (Wildman–Crippen MR) is 117 cm³/mol. The Kier molecular flexibility index (Phi) is 7.03. The molecule has 0 radical (unpaired) electrons. The molecule has 1 unspecified atom stereocenters. The highest BCUT2D eigenvalue weighted by molar-refractivity contribution is 5.79. The molecule has 0 fully saturated rings. The minimum Gasteiger partial charge on any atom is -0.384 e. The Morgan fingerprint density at radius 2 is 1.76 bits per heavy atom. The van der Waals surface area contributed by atoms with Crippen LogP contribution in [0.15, 0.2) is 78.0 Å². The maximum atomic E-state index is 10.8. The molecular formula is C23H29N5O. The van der Waals surface area contributed by atoms with Gasteiger partial charge in [-0.2, -0.15) is 5.10 Å². The maximum Gasteiger partial charge on any atom is 0.191 e. The second-order valence-electron chi connectivity index (χ2n) is 7.16. The van der Waals surface area contributed by atoms with Crippen LogP contribution < -0.4 is 10.6 Å². The van der Waals surface area contributed by atoms with Gasteiger partial charge < -0.3 is 15.7 Å². The van der Waals surface area contributed by atoms with Gasteiger partial charge in [-0.1, -0.05) is 54.6 Å². The first-order valence-electron chi connectivity index (χ1n) is 9.93. The summed E-state index contributed by atoms with van der Waals surface area (Å²) in [7, 11) is 0. The standard InChI is InChI=1S/C23H29N5O/c1-3-24-22(26-18-23(2,29)21-12-5-4-6-13-21)25-16-19-10-7-8-11-20(19)17-28-15-9-14-27-28/h4-15,29H,3,16-18H2,1-2H3,(H2,24,25,26). The van der Waals surface area contributed by atoms with E-state index < -0.39 is 5.60 Å². The van der Waals surface area contributed by atoms with Crippen molar-refractivity contribution in [2.45, 2.75) is 32.5 Å². The molecule has 3 aromatic rings. The number of hydrogen-bond acceptors (Lipinski definition) is 3. The van der Waals surface area contributed by atoms with Gasteiger partial charge >= 0.3 is 0 Å². The number of hydrogen-bond donors (Lipinski definition) is 3. The SMILES string of the molecule is CCNC(=NCc1ccccc1Cn1cccn1)NCC(C)(O)c1ccccc1. The van der Waals surface area contributed by atoms with E-state index in [2.05, 4.69) is 27.9 Å². The molecule has 0 aliphatic heterocycles. The molecule has 1 aromatic heterocycles. The Morgan fingerprint density at radius 1 is 1.03 bits per heavy atom. The zero-order chi connectivity index (χ0) is 20.5. The summed E-state index contributed by atoms with van der Waals surface area (Å²) < 4.78 is 1.91. The number of aliphatic imine (C=N–C) groups is 1. The summed E-state index contributed by atoms with van der Waals surface area (Å²) in [6.45, 7) is 6.19. The second kappa shape index (κ2) is 9.89. The predicted octanol–water partition coefficient (Wildman–Crippen LogP) is 2.89. The van der Waals surface area contributed by atoms with Crippen molar-refractivity contribution in [3.8, 4) is 0 Å². The van der Waals surface area contributed by atoms with Gasteiger partial charge in [-0.05, 0) is 36.6 Å². The van der Waals surface area contributed by atoms with Crippen LogP contribution in [0.3, 0.4) is 0 Å². The van der Waals surface area contributed by atoms with E-state index in [9.17, 15) is 5.11 Å². The molecule has 6 heteroatoms. The zero-order valence-corrected chi connectivity index (χ0v) is 17.0. The van der Waals surface area contributed by atoms with Gasteiger partial charge in [0.05, 0.1) is 19.6 Å². The van der Waals surface area contributed by atoms with E-state index in [0.717, 1.165) is 17.7 Å². The van der Waals surface area contributed by atoms with Gasteiger partial charge in [-0.15, -0.1) is 0 Å². The molecule has 1 atom stereocenters. The van der Waals surface area contributed by atoms with Crippen molar-refractivity contribution in [1.82, 2.24) is 20.4 Å². The van der Waals surface area contributed by atoms with Gasteiger partial charge in [-0.25, -0.2) is 4.99 Å². The minimum absolute atomic E-state index is 0.359. The van der Waals surface area contributed by atoms with Crippen molar-refractivity contribution in [1.29, 1.82) is 0 Å². The van der Waals surface area contributed by atoms with Gasteiger partial charge in [0.15, 0.2) is 5.96 Å². The molecule has 0 aliphatic rings. The Hall–Kier alpha value is -3.12. The summed E-state index contributed by atoms with van der Waals surface area (Å²) in [5, 5.41) is 21.6. The van der Waals surface area contributed by atoms with Crippen molar-refractivity contribution in [3.05, 3.63) is 89.7 Å². The van der Waals surface area contributed by atoms with Crippen LogP contribution in [0.2, 0.25) is 0 Å². The van der Waals surface area contributed by atoms with Gasteiger partial charge in [0, 0.05) is 18.9 Å². The number of benzene rings is 2. The van der Waals surface area contributed by atoms with Crippen molar-refractivity contribution in [2.75, 3.05) is 13.1 Å². The summed E-state index contributed by atoms with van der Waals surface area (Å²) in [5.74, 6) is 0.678. The molecule has 29 heavy (non-hydrogen) atoms. The Bertz CT molecular complexity index is 904. The molecular weight excluding hydrogens is 362 g/mol. The van der Waals surface area contributed by atoms with Crippen LogP contribution >= 0.6 is 0 Å². The van der Waals surface area contributed by atoms with Crippen LogP contribution in [0.25, 0.3) is 0 Å². The van der Waals surface area contributed by atoms with Gasteiger partial charge in [0.25, 0.3) is 0 Å². The van der Waals surface area contributed by atoms with E-state index in [1.54, 1.807) is 13.1 Å². The third-order valence-corrected chi connectivity index (χ3v) is 4.76. The van der Waals surface area contributed by atoms with E-state index in [1.807, 2.05) is 66.3 Å². The molecule has 0 saturated heterocycles. The Balaban J connectivity index is 1.68. The summed E-state index contributed by atoms with van der Waals surface area (Å²) in [4.78, 5) is 4.72. The number of aliphatic hydroxyl groups is 1. The first-order valence-corrected chi connectivity index (χ1v) is 9.93. The molecule has 0 amide bonds. The van der Waals surface area contributed by atoms with Gasteiger partial charge in [-0.3, -0.25) is 4.68 Å². The zero-order valence-electron chi connectivity index (χ0n) is 17.0. The van der Waals surface area contributed by atoms with E-state index in [0.29, 0.717) is 25.6 Å². The van der Waals surface area contributed by atoms with Crippen LogP contribution in [0.5, 0.6) is 0 Å². The van der Waals surface area contributed by atoms with Crippen LogP contribution in [0.4, 0.5) is 0 Å². The average Bonchev–Trinajstić information content (AvgIpc) is 3.25. The molecule has 1 heterocycles. The first-order chi connectivity index (χ1) is 14.1. The molecule has 0 bridgehead atoms. The van der Waals surface area contributed by atoms with Crippen LogP contribution in [-0.2, 0) is 18.7 Å². The molecule has 152 valence electrons. The number of rotatable bonds is 8. The maximum absolute atomic E-state index is 10.8. The second-order valence-corrected chi connectivity index (χ2v) is 7.16. The monoisotopic (exact) mass is 391 g/mol. The third-order valence-electron chi connectivity index (χ3n) is 4.76. The molecule has 0 spiro atoms. The average molecular weight is 392 g/mol.